The Bertz CT molecular complexity index is 558. The number of nitrogens with zero attached hydrogens (tertiary/aromatic N) is 1. The molecule has 0 fully saturated rings. The van der Waals surface area contributed by atoms with Gasteiger partial charge in [0.25, 0.3) is 0 Å². The van der Waals surface area contributed by atoms with Gasteiger partial charge in [0.1, 0.15) is 0 Å². The van der Waals surface area contributed by atoms with Crippen molar-refractivity contribution in [3.8, 4) is 0 Å². The van der Waals surface area contributed by atoms with Gasteiger partial charge in [0.2, 0.25) is 5.91 Å². The van der Waals surface area contributed by atoms with Crippen LogP contribution in [0.1, 0.15) is 44.6 Å². The van der Waals surface area contributed by atoms with E-state index < -0.39 is 0 Å². The predicted molar refractivity (Wildman–Crippen MR) is 104 cm³/mol. The minimum atomic E-state index is -0.217. The highest BCUT2D eigenvalue weighted by Gasteiger charge is 2.05. The van der Waals surface area contributed by atoms with E-state index in [9.17, 15) is 9.59 Å². The van der Waals surface area contributed by atoms with Crippen molar-refractivity contribution in [2.24, 2.45) is 0 Å². The Hall–Kier alpha value is -2.08. The second-order valence-corrected chi connectivity index (χ2v) is 6.66. The maximum absolute atomic E-state index is 11.9. The first kappa shape index (κ1) is 21.0. The van der Waals surface area contributed by atoms with Crippen LogP contribution in [-0.2, 0) is 4.79 Å². The Kier molecular flexibility index (Phi) is 9.62. The van der Waals surface area contributed by atoms with Crippen molar-refractivity contribution in [1.29, 1.82) is 0 Å². The molecule has 0 heterocycles. The lowest BCUT2D eigenvalue weighted by Gasteiger charge is -2.11. The highest BCUT2D eigenvalue weighted by Crippen LogP contribution is 2.20. The molecule has 140 valence electrons. The Balaban J connectivity index is 2.23. The molecule has 0 aliphatic rings. The van der Waals surface area contributed by atoms with E-state index in [-0.39, 0.29) is 11.9 Å². The molecule has 3 N–H and O–H groups in total. The van der Waals surface area contributed by atoms with Crippen LogP contribution in [0, 0.1) is 6.92 Å². The smallest absolute Gasteiger partial charge is 0.319 e. The van der Waals surface area contributed by atoms with Gasteiger partial charge in [-0.15, -0.1) is 0 Å². The Labute approximate surface area is 151 Å². The van der Waals surface area contributed by atoms with Gasteiger partial charge in [-0.25, -0.2) is 4.79 Å². The van der Waals surface area contributed by atoms with Gasteiger partial charge in [0.05, 0.1) is 0 Å². The maximum Gasteiger partial charge on any atom is 0.319 e. The summed E-state index contributed by atoms with van der Waals surface area (Å²) in [6.07, 6.45) is 5.78. The van der Waals surface area contributed by atoms with Gasteiger partial charge >= 0.3 is 6.03 Å². The first-order chi connectivity index (χ1) is 11.9. The van der Waals surface area contributed by atoms with Crippen LogP contribution in [0.4, 0.5) is 16.2 Å². The number of aryl methyl sites for hydroxylation is 1. The summed E-state index contributed by atoms with van der Waals surface area (Å²) in [5.41, 5.74) is 2.33. The summed E-state index contributed by atoms with van der Waals surface area (Å²) in [5, 5.41) is 8.43. The summed E-state index contributed by atoms with van der Waals surface area (Å²) in [7, 11) is 4.19. The zero-order chi connectivity index (χ0) is 18.7. The lowest BCUT2D eigenvalue weighted by Crippen LogP contribution is -2.29. The molecule has 0 unspecified atom stereocenters. The largest absolute Gasteiger partial charge is 0.338 e. The van der Waals surface area contributed by atoms with E-state index in [0.29, 0.717) is 17.9 Å². The van der Waals surface area contributed by atoms with Crippen LogP contribution in [0.5, 0.6) is 0 Å². The van der Waals surface area contributed by atoms with E-state index in [1.165, 1.54) is 26.2 Å². The molecule has 6 heteroatoms. The van der Waals surface area contributed by atoms with Gasteiger partial charge in [-0.1, -0.05) is 25.3 Å². The van der Waals surface area contributed by atoms with E-state index in [2.05, 4.69) is 34.9 Å². The maximum atomic E-state index is 11.9. The molecule has 0 radical (unpaired) electrons. The third-order valence-corrected chi connectivity index (χ3v) is 3.87. The van der Waals surface area contributed by atoms with Crippen LogP contribution in [0.3, 0.4) is 0 Å². The molecule has 0 aliphatic carbocycles. The topological polar surface area (TPSA) is 73.5 Å². The summed E-state index contributed by atoms with van der Waals surface area (Å²) < 4.78 is 0. The molecule has 1 aromatic carbocycles. The second kappa shape index (κ2) is 11.5. The number of anilines is 2. The first-order valence-corrected chi connectivity index (χ1v) is 8.96. The number of urea groups is 1. The van der Waals surface area contributed by atoms with Gasteiger partial charge in [0.15, 0.2) is 0 Å². The van der Waals surface area contributed by atoms with E-state index in [0.717, 1.165) is 24.9 Å². The SMILES string of the molecule is CC(=O)Nc1cc(NC(=O)NCCCCCCCN(C)C)ccc1C. The van der Waals surface area contributed by atoms with Crippen LogP contribution in [-0.4, -0.2) is 44.0 Å². The zero-order valence-electron chi connectivity index (χ0n) is 15.9. The predicted octanol–water partition coefficient (Wildman–Crippen LogP) is 3.59. The summed E-state index contributed by atoms with van der Waals surface area (Å²) in [6, 6.07) is 5.24. The molecule has 0 spiro atoms. The molecule has 0 aliphatic heterocycles. The van der Waals surface area contributed by atoms with Gasteiger partial charge in [-0.3, -0.25) is 4.79 Å². The van der Waals surface area contributed by atoms with Crippen molar-refractivity contribution in [1.82, 2.24) is 10.2 Å². The average Bonchev–Trinajstić information content (AvgIpc) is 2.52. The summed E-state index contributed by atoms with van der Waals surface area (Å²) >= 11 is 0. The van der Waals surface area contributed by atoms with Gasteiger partial charge in [-0.05, 0) is 58.1 Å². The number of nitrogens with one attached hydrogen (secondary N) is 3. The monoisotopic (exact) mass is 348 g/mol. The number of hydrogen-bond acceptors (Lipinski definition) is 3. The van der Waals surface area contributed by atoms with Gasteiger partial charge in [0, 0.05) is 24.8 Å². The minimum Gasteiger partial charge on any atom is -0.338 e. The standard InChI is InChI=1S/C19H32N4O2/c1-15-10-11-17(14-18(15)21-16(2)24)22-19(25)20-12-8-6-5-7-9-13-23(3)4/h10-11,14H,5-9,12-13H2,1-4H3,(H,21,24)(H2,20,22,25). The number of carbonyl (C=O) groups is 2. The molecule has 25 heavy (non-hydrogen) atoms. The van der Waals surface area contributed by atoms with Crippen LogP contribution < -0.4 is 16.0 Å². The third-order valence-electron chi connectivity index (χ3n) is 3.87. The number of unbranched alkanes of at least 4 members (excludes halogenated alkanes) is 4. The fraction of sp³-hybridized carbons (Fsp3) is 0.579. The van der Waals surface area contributed by atoms with Crippen LogP contribution in [0.25, 0.3) is 0 Å². The highest BCUT2D eigenvalue weighted by atomic mass is 16.2. The first-order valence-electron chi connectivity index (χ1n) is 8.96. The molecule has 6 nitrogen and oxygen atoms in total. The van der Waals surface area contributed by atoms with E-state index in [1.807, 2.05) is 19.1 Å². The van der Waals surface area contributed by atoms with E-state index in [1.54, 1.807) is 6.07 Å². The van der Waals surface area contributed by atoms with E-state index in [4.69, 9.17) is 0 Å². The number of hydrogen-bond donors (Lipinski definition) is 3. The lowest BCUT2D eigenvalue weighted by atomic mass is 10.1. The lowest BCUT2D eigenvalue weighted by molar-refractivity contribution is -0.114. The number of carbonyl (C=O) groups excluding carboxylic acids is 2. The Morgan fingerprint density at radius 2 is 1.68 bits per heavy atom. The molecular formula is C19H32N4O2. The van der Waals surface area contributed by atoms with Crippen molar-refractivity contribution in [3.63, 3.8) is 0 Å². The molecule has 0 bridgehead atoms. The summed E-state index contributed by atoms with van der Waals surface area (Å²) in [6.45, 7) is 5.18. The van der Waals surface area contributed by atoms with Crippen molar-refractivity contribution in [2.45, 2.75) is 46.0 Å². The fourth-order valence-corrected chi connectivity index (χ4v) is 2.48. The second-order valence-electron chi connectivity index (χ2n) is 6.66. The summed E-state index contributed by atoms with van der Waals surface area (Å²) in [4.78, 5) is 25.3. The number of rotatable bonds is 10. The van der Waals surface area contributed by atoms with Crippen LogP contribution >= 0.6 is 0 Å². The quantitative estimate of drug-likeness (QED) is 0.566. The van der Waals surface area contributed by atoms with Crippen molar-refractivity contribution in [2.75, 3.05) is 37.8 Å². The van der Waals surface area contributed by atoms with Crippen LogP contribution in [0.15, 0.2) is 18.2 Å². The number of benzene rings is 1. The highest BCUT2D eigenvalue weighted by molar-refractivity contribution is 5.93. The summed E-state index contributed by atoms with van der Waals surface area (Å²) in [5.74, 6) is -0.129. The Morgan fingerprint density at radius 3 is 2.36 bits per heavy atom. The van der Waals surface area contributed by atoms with Crippen molar-refractivity contribution >= 4 is 23.3 Å². The van der Waals surface area contributed by atoms with Crippen LogP contribution in [0.2, 0.25) is 0 Å². The Morgan fingerprint density at radius 1 is 1.00 bits per heavy atom. The molecular weight excluding hydrogens is 316 g/mol. The van der Waals surface area contributed by atoms with Gasteiger partial charge in [-0.2, -0.15) is 0 Å². The number of amides is 3. The zero-order valence-corrected chi connectivity index (χ0v) is 15.9. The third kappa shape index (κ3) is 9.72. The average molecular weight is 348 g/mol. The normalized spacial score (nSPS) is 10.6. The molecule has 1 rings (SSSR count). The van der Waals surface area contributed by atoms with Crippen molar-refractivity contribution in [3.05, 3.63) is 23.8 Å². The molecule has 0 atom stereocenters. The molecule has 3 amide bonds. The molecule has 1 aromatic rings. The van der Waals surface area contributed by atoms with Gasteiger partial charge < -0.3 is 20.9 Å². The fourth-order valence-electron chi connectivity index (χ4n) is 2.48. The van der Waals surface area contributed by atoms with E-state index >= 15 is 0 Å². The molecule has 0 aromatic heterocycles. The minimum absolute atomic E-state index is 0.129. The molecule has 0 saturated carbocycles. The molecule has 0 saturated heterocycles. The van der Waals surface area contributed by atoms with Crippen molar-refractivity contribution < 1.29 is 9.59 Å².